The zero-order chi connectivity index (χ0) is 14.7. The Bertz CT molecular complexity index is 633. The Morgan fingerprint density at radius 2 is 1.80 bits per heavy atom. The van der Waals surface area contributed by atoms with Gasteiger partial charge < -0.3 is 4.74 Å². The van der Waals surface area contributed by atoms with Gasteiger partial charge in [0.1, 0.15) is 12.4 Å². The summed E-state index contributed by atoms with van der Waals surface area (Å²) in [6, 6.07) is 5.33. The monoisotopic (exact) mass is 271 g/mol. The third-order valence-corrected chi connectivity index (χ3v) is 2.82. The average molecular weight is 271 g/mol. The predicted octanol–water partition coefficient (Wildman–Crippen LogP) is 2.46. The van der Waals surface area contributed by atoms with Crippen LogP contribution in [0.2, 0.25) is 0 Å². The van der Waals surface area contributed by atoms with E-state index in [-0.39, 0.29) is 12.6 Å². The highest BCUT2D eigenvalue weighted by Crippen LogP contribution is 2.10. The van der Waals surface area contributed by atoms with Crippen LogP contribution in [0.4, 0.5) is 0 Å². The highest BCUT2D eigenvalue weighted by molar-refractivity contribution is 5.90. The molecule has 2 rings (SSSR count). The molecule has 0 radical (unpaired) electrons. The molecule has 0 spiro atoms. The van der Waals surface area contributed by atoms with Crippen LogP contribution in [0.15, 0.2) is 18.2 Å². The molecule has 5 heteroatoms. The van der Waals surface area contributed by atoms with E-state index in [9.17, 15) is 4.79 Å². The van der Waals surface area contributed by atoms with Crippen molar-refractivity contribution in [3.05, 3.63) is 52.4 Å². The SMILES string of the molecule is Cc1cc(COC(=O)c2ccc(C)nc2C)nc(C)n1. The van der Waals surface area contributed by atoms with Crippen LogP contribution in [0, 0.1) is 27.7 Å². The zero-order valence-electron chi connectivity index (χ0n) is 12.1. The summed E-state index contributed by atoms with van der Waals surface area (Å²) in [5, 5.41) is 0. The van der Waals surface area contributed by atoms with Crippen LogP contribution in [-0.2, 0) is 11.3 Å². The molecule has 0 atom stereocenters. The van der Waals surface area contributed by atoms with Gasteiger partial charge in [-0.25, -0.2) is 14.8 Å². The maximum atomic E-state index is 12.0. The smallest absolute Gasteiger partial charge is 0.340 e. The van der Waals surface area contributed by atoms with E-state index in [2.05, 4.69) is 15.0 Å². The van der Waals surface area contributed by atoms with Gasteiger partial charge >= 0.3 is 5.97 Å². The quantitative estimate of drug-likeness (QED) is 0.802. The summed E-state index contributed by atoms with van der Waals surface area (Å²) in [4.78, 5) is 24.7. The van der Waals surface area contributed by atoms with Crippen molar-refractivity contribution < 1.29 is 9.53 Å². The number of carbonyl (C=O) groups is 1. The summed E-state index contributed by atoms with van der Waals surface area (Å²) in [6.07, 6.45) is 0. The second kappa shape index (κ2) is 5.77. The first-order chi connectivity index (χ1) is 9.45. The number of ether oxygens (including phenoxy) is 1. The molecule has 0 aromatic carbocycles. The number of nitrogens with zero attached hydrogens (tertiary/aromatic N) is 3. The van der Waals surface area contributed by atoms with Gasteiger partial charge in [0.2, 0.25) is 0 Å². The molecule has 0 N–H and O–H groups in total. The van der Waals surface area contributed by atoms with E-state index < -0.39 is 0 Å². The van der Waals surface area contributed by atoms with Gasteiger partial charge in [-0.15, -0.1) is 0 Å². The lowest BCUT2D eigenvalue weighted by atomic mass is 10.2. The van der Waals surface area contributed by atoms with Gasteiger partial charge in [0.15, 0.2) is 0 Å². The highest BCUT2D eigenvalue weighted by atomic mass is 16.5. The van der Waals surface area contributed by atoms with Gasteiger partial charge in [-0.1, -0.05) is 0 Å². The Morgan fingerprint density at radius 3 is 2.45 bits per heavy atom. The summed E-state index contributed by atoms with van der Waals surface area (Å²) >= 11 is 0. The summed E-state index contributed by atoms with van der Waals surface area (Å²) in [5.74, 6) is 0.285. The molecular weight excluding hydrogens is 254 g/mol. The van der Waals surface area contributed by atoms with Crippen LogP contribution in [-0.4, -0.2) is 20.9 Å². The molecule has 2 aromatic rings. The second-order valence-electron chi connectivity index (χ2n) is 4.71. The van der Waals surface area contributed by atoms with Crippen molar-refractivity contribution in [3.8, 4) is 0 Å². The van der Waals surface area contributed by atoms with Gasteiger partial charge in [0.05, 0.1) is 17.0 Å². The lowest BCUT2D eigenvalue weighted by Crippen LogP contribution is -2.10. The Labute approximate surface area is 118 Å². The first-order valence-electron chi connectivity index (χ1n) is 6.38. The Hall–Kier alpha value is -2.30. The summed E-state index contributed by atoms with van der Waals surface area (Å²) in [7, 11) is 0. The van der Waals surface area contributed by atoms with Crippen molar-refractivity contribution >= 4 is 5.97 Å². The van der Waals surface area contributed by atoms with E-state index in [1.807, 2.05) is 20.8 Å². The fraction of sp³-hybridized carbons (Fsp3) is 0.333. The van der Waals surface area contributed by atoms with E-state index in [1.54, 1.807) is 25.1 Å². The molecule has 0 amide bonds. The minimum absolute atomic E-state index is 0.135. The van der Waals surface area contributed by atoms with Crippen molar-refractivity contribution in [1.29, 1.82) is 0 Å². The predicted molar refractivity (Wildman–Crippen MR) is 74.3 cm³/mol. The zero-order valence-corrected chi connectivity index (χ0v) is 12.1. The first-order valence-corrected chi connectivity index (χ1v) is 6.38. The van der Waals surface area contributed by atoms with Gasteiger partial charge in [-0.3, -0.25) is 4.98 Å². The molecule has 104 valence electrons. The van der Waals surface area contributed by atoms with Crippen LogP contribution in [0.1, 0.15) is 39.0 Å². The minimum Gasteiger partial charge on any atom is -0.456 e. The number of esters is 1. The highest BCUT2D eigenvalue weighted by Gasteiger charge is 2.12. The van der Waals surface area contributed by atoms with Crippen LogP contribution in [0.25, 0.3) is 0 Å². The van der Waals surface area contributed by atoms with Crippen LogP contribution in [0.3, 0.4) is 0 Å². The van der Waals surface area contributed by atoms with E-state index in [0.29, 0.717) is 22.8 Å². The molecule has 20 heavy (non-hydrogen) atoms. The molecule has 0 fully saturated rings. The van der Waals surface area contributed by atoms with E-state index in [4.69, 9.17) is 4.74 Å². The number of hydrogen-bond acceptors (Lipinski definition) is 5. The Kier molecular flexibility index (Phi) is 4.08. The molecule has 0 aliphatic rings. The molecule has 0 unspecified atom stereocenters. The fourth-order valence-corrected chi connectivity index (χ4v) is 1.99. The van der Waals surface area contributed by atoms with Crippen molar-refractivity contribution in [1.82, 2.24) is 15.0 Å². The molecule has 2 aromatic heterocycles. The summed E-state index contributed by atoms with van der Waals surface area (Å²) in [5.41, 5.74) is 3.59. The largest absolute Gasteiger partial charge is 0.456 e. The number of aromatic nitrogens is 3. The normalized spacial score (nSPS) is 10.4. The van der Waals surface area contributed by atoms with Crippen LogP contribution < -0.4 is 0 Å². The lowest BCUT2D eigenvalue weighted by Gasteiger charge is -2.07. The van der Waals surface area contributed by atoms with E-state index >= 15 is 0 Å². The summed E-state index contributed by atoms with van der Waals surface area (Å²) in [6.45, 7) is 7.51. The average Bonchev–Trinajstić information content (AvgIpc) is 2.35. The van der Waals surface area contributed by atoms with Crippen molar-refractivity contribution in [2.75, 3.05) is 0 Å². The Balaban J connectivity index is 2.08. The van der Waals surface area contributed by atoms with Crippen LogP contribution >= 0.6 is 0 Å². The van der Waals surface area contributed by atoms with Gasteiger partial charge in [0, 0.05) is 11.4 Å². The fourth-order valence-electron chi connectivity index (χ4n) is 1.99. The molecule has 2 heterocycles. The molecule has 0 saturated carbocycles. The number of pyridine rings is 1. The number of rotatable bonds is 3. The van der Waals surface area contributed by atoms with Crippen molar-refractivity contribution in [2.24, 2.45) is 0 Å². The third-order valence-electron chi connectivity index (χ3n) is 2.82. The number of aryl methyl sites for hydroxylation is 4. The molecule has 5 nitrogen and oxygen atoms in total. The van der Waals surface area contributed by atoms with Crippen molar-refractivity contribution in [3.63, 3.8) is 0 Å². The molecule has 0 bridgehead atoms. The van der Waals surface area contributed by atoms with Crippen LogP contribution in [0.5, 0.6) is 0 Å². The molecular formula is C15H17N3O2. The van der Waals surface area contributed by atoms with E-state index in [0.717, 1.165) is 11.4 Å². The maximum absolute atomic E-state index is 12.0. The standard InChI is InChI=1S/C15H17N3O2/c1-9-5-6-14(11(3)16-9)15(19)20-8-13-7-10(2)17-12(4)18-13/h5-7H,8H2,1-4H3. The van der Waals surface area contributed by atoms with Gasteiger partial charge in [-0.2, -0.15) is 0 Å². The topological polar surface area (TPSA) is 65.0 Å². The number of hydrogen-bond donors (Lipinski definition) is 0. The maximum Gasteiger partial charge on any atom is 0.340 e. The summed E-state index contributed by atoms with van der Waals surface area (Å²) < 4.78 is 5.28. The van der Waals surface area contributed by atoms with Gasteiger partial charge in [-0.05, 0) is 45.9 Å². The third kappa shape index (κ3) is 3.38. The van der Waals surface area contributed by atoms with E-state index in [1.165, 1.54) is 0 Å². The molecule has 0 aliphatic heterocycles. The number of carbonyl (C=O) groups excluding carboxylic acids is 1. The Morgan fingerprint density at radius 1 is 1.05 bits per heavy atom. The molecule has 0 saturated heterocycles. The van der Waals surface area contributed by atoms with Gasteiger partial charge in [0.25, 0.3) is 0 Å². The second-order valence-corrected chi connectivity index (χ2v) is 4.71. The minimum atomic E-state index is -0.385. The first kappa shape index (κ1) is 14.1. The van der Waals surface area contributed by atoms with Crippen molar-refractivity contribution in [2.45, 2.75) is 34.3 Å². The lowest BCUT2D eigenvalue weighted by molar-refractivity contribution is 0.0465. The molecule has 0 aliphatic carbocycles.